The number of nitrogens with one attached hydrogen (secondary N) is 1. The van der Waals surface area contributed by atoms with Gasteiger partial charge in [-0.15, -0.1) is 0 Å². The Morgan fingerprint density at radius 1 is 0.612 bits per heavy atom. The van der Waals surface area contributed by atoms with E-state index in [4.69, 9.17) is 4.98 Å². The van der Waals surface area contributed by atoms with Crippen molar-refractivity contribution < 1.29 is 0 Å². The minimum atomic E-state index is 0.172. The van der Waals surface area contributed by atoms with Crippen molar-refractivity contribution in [2.24, 2.45) is 23.7 Å². The molecular weight excluding hydrogens is 595 g/mol. The monoisotopic (exact) mass is 633 g/mol. The fraction of sp³-hybridized carbons (Fsp3) is 0.239. The molecule has 5 aromatic carbocycles. The maximum absolute atomic E-state index is 5.12. The number of benzene rings is 5. The van der Waals surface area contributed by atoms with Crippen molar-refractivity contribution in [3.63, 3.8) is 0 Å². The van der Waals surface area contributed by atoms with E-state index < -0.39 is 0 Å². The van der Waals surface area contributed by atoms with Gasteiger partial charge in [0.25, 0.3) is 0 Å². The number of anilines is 4. The van der Waals surface area contributed by atoms with E-state index in [9.17, 15) is 0 Å². The van der Waals surface area contributed by atoms with Gasteiger partial charge in [0.1, 0.15) is 0 Å². The SMILES string of the molecule is C1=Cc2ccc3cc(N(c4ccc(-c5ccccc5)cc4)c4ccc5c(c4)-c4ccccc4C54C5CC6CC(C5)CC4C6)cnc3c2NC1. The van der Waals surface area contributed by atoms with E-state index in [2.05, 4.69) is 144 Å². The standard InChI is InChI=1S/C46H39N3/c1-2-7-31(8-3-1)32-14-16-37(17-15-32)49(39-26-34-13-12-33-9-6-20-47-44(33)45(34)48-28-39)38-18-19-43-41(27-38)40-10-4-5-11-42(40)46(43)35-22-29-21-30(24-35)25-36(46)23-29/h1-19,26-30,35-36,47H,20-25H2. The third kappa shape index (κ3) is 3.99. The van der Waals surface area contributed by atoms with Gasteiger partial charge in [-0.3, -0.25) is 4.98 Å². The molecule has 0 radical (unpaired) electrons. The molecule has 1 N–H and O–H groups in total. The lowest BCUT2D eigenvalue weighted by atomic mass is 9.43. The normalized spacial score (nSPS) is 25.2. The van der Waals surface area contributed by atoms with Crippen LogP contribution in [-0.2, 0) is 5.41 Å². The predicted octanol–water partition coefficient (Wildman–Crippen LogP) is 11.5. The summed E-state index contributed by atoms with van der Waals surface area (Å²) < 4.78 is 0. The Labute approximate surface area is 288 Å². The van der Waals surface area contributed by atoms with Crippen molar-refractivity contribution in [3.05, 3.63) is 144 Å². The van der Waals surface area contributed by atoms with E-state index in [1.54, 1.807) is 11.1 Å². The van der Waals surface area contributed by atoms with Crippen molar-refractivity contribution in [3.8, 4) is 22.3 Å². The van der Waals surface area contributed by atoms with Crippen LogP contribution in [0.2, 0.25) is 0 Å². The van der Waals surface area contributed by atoms with Crippen molar-refractivity contribution in [1.82, 2.24) is 4.98 Å². The van der Waals surface area contributed by atoms with Gasteiger partial charge in [0.15, 0.2) is 0 Å². The second kappa shape index (κ2) is 10.4. The molecule has 0 atom stereocenters. The Bertz CT molecular complexity index is 2270. The molecule has 3 nitrogen and oxygen atoms in total. The number of pyridine rings is 1. The van der Waals surface area contributed by atoms with Crippen LogP contribution in [0.1, 0.15) is 48.8 Å². The molecular formula is C46H39N3. The molecule has 1 aliphatic heterocycles. The summed E-state index contributed by atoms with van der Waals surface area (Å²) in [6.45, 7) is 0.830. The van der Waals surface area contributed by atoms with Crippen molar-refractivity contribution >= 4 is 39.7 Å². The topological polar surface area (TPSA) is 28.2 Å². The van der Waals surface area contributed by atoms with Gasteiger partial charge in [0, 0.05) is 28.7 Å². The minimum absolute atomic E-state index is 0.172. The van der Waals surface area contributed by atoms with Crippen LogP contribution in [0.4, 0.5) is 22.7 Å². The molecule has 6 aliphatic rings. The minimum Gasteiger partial charge on any atom is -0.379 e. The highest BCUT2D eigenvalue weighted by Crippen LogP contribution is 2.69. The zero-order chi connectivity index (χ0) is 32.1. The Morgan fingerprint density at radius 2 is 1.33 bits per heavy atom. The van der Waals surface area contributed by atoms with Gasteiger partial charge in [-0.1, -0.05) is 97.1 Å². The molecule has 0 amide bonds. The average Bonchev–Trinajstić information content (AvgIpc) is 3.44. The number of rotatable bonds is 4. The van der Waals surface area contributed by atoms with Gasteiger partial charge in [0.05, 0.1) is 23.1 Å². The molecule has 12 rings (SSSR count). The molecule has 3 heteroatoms. The summed E-state index contributed by atoms with van der Waals surface area (Å²) in [5.41, 5.74) is 15.4. The van der Waals surface area contributed by atoms with Crippen LogP contribution in [0.25, 0.3) is 39.2 Å². The van der Waals surface area contributed by atoms with Crippen LogP contribution in [0.15, 0.2) is 128 Å². The van der Waals surface area contributed by atoms with Gasteiger partial charge >= 0.3 is 0 Å². The molecule has 6 aromatic rings. The Kier molecular flexibility index (Phi) is 5.91. The van der Waals surface area contributed by atoms with E-state index in [0.717, 1.165) is 58.2 Å². The lowest BCUT2D eigenvalue weighted by Gasteiger charge is -2.61. The highest BCUT2D eigenvalue weighted by Gasteiger charge is 2.61. The molecule has 49 heavy (non-hydrogen) atoms. The summed E-state index contributed by atoms with van der Waals surface area (Å²) in [5.74, 6) is 3.40. The Balaban J connectivity index is 1.08. The predicted molar refractivity (Wildman–Crippen MR) is 203 cm³/mol. The maximum Gasteiger partial charge on any atom is 0.0941 e. The lowest BCUT2D eigenvalue weighted by molar-refractivity contribution is -0.0399. The quantitative estimate of drug-likeness (QED) is 0.209. The van der Waals surface area contributed by atoms with Crippen molar-refractivity contribution in [2.75, 3.05) is 16.8 Å². The first-order valence-electron chi connectivity index (χ1n) is 18.3. The van der Waals surface area contributed by atoms with E-state index >= 15 is 0 Å². The fourth-order valence-electron chi connectivity index (χ4n) is 11.2. The average molecular weight is 634 g/mol. The zero-order valence-corrected chi connectivity index (χ0v) is 27.6. The number of aromatic nitrogens is 1. The first-order chi connectivity index (χ1) is 24.2. The molecule has 1 spiro atoms. The van der Waals surface area contributed by atoms with Crippen LogP contribution in [-0.4, -0.2) is 11.5 Å². The maximum atomic E-state index is 5.12. The summed E-state index contributed by atoms with van der Waals surface area (Å²) in [6.07, 6.45) is 13.5. The molecule has 2 heterocycles. The smallest absolute Gasteiger partial charge is 0.0941 e. The highest BCUT2D eigenvalue weighted by atomic mass is 15.1. The van der Waals surface area contributed by atoms with E-state index in [0.29, 0.717) is 0 Å². The Morgan fingerprint density at radius 3 is 2.14 bits per heavy atom. The van der Waals surface area contributed by atoms with Crippen LogP contribution in [0.3, 0.4) is 0 Å². The van der Waals surface area contributed by atoms with E-state index in [1.165, 1.54) is 65.6 Å². The molecule has 4 bridgehead atoms. The van der Waals surface area contributed by atoms with Crippen LogP contribution >= 0.6 is 0 Å². The van der Waals surface area contributed by atoms with Crippen molar-refractivity contribution in [2.45, 2.75) is 37.5 Å². The fourth-order valence-corrected chi connectivity index (χ4v) is 11.2. The summed E-state index contributed by atoms with van der Waals surface area (Å²) >= 11 is 0. The van der Waals surface area contributed by atoms with Crippen LogP contribution in [0, 0.1) is 23.7 Å². The lowest BCUT2D eigenvalue weighted by Crippen LogP contribution is -2.55. The molecule has 238 valence electrons. The van der Waals surface area contributed by atoms with Gasteiger partial charge in [-0.2, -0.15) is 0 Å². The van der Waals surface area contributed by atoms with Gasteiger partial charge < -0.3 is 10.2 Å². The number of fused-ring (bicyclic) bond motifs is 6. The van der Waals surface area contributed by atoms with Crippen molar-refractivity contribution in [1.29, 1.82) is 0 Å². The molecule has 0 unspecified atom stereocenters. The largest absolute Gasteiger partial charge is 0.379 e. The number of hydrogen-bond donors (Lipinski definition) is 1. The van der Waals surface area contributed by atoms with E-state index in [1.807, 2.05) is 0 Å². The van der Waals surface area contributed by atoms with Gasteiger partial charge in [-0.25, -0.2) is 0 Å². The third-order valence-corrected chi connectivity index (χ3v) is 12.9. The molecule has 4 saturated carbocycles. The van der Waals surface area contributed by atoms with E-state index in [-0.39, 0.29) is 5.41 Å². The van der Waals surface area contributed by atoms with Crippen LogP contribution < -0.4 is 10.2 Å². The summed E-state index contributed by atoms with van der Waals surface area (Å²) in [4.78, 5) is 7.54. The second-order valence-corrected chi connectivity index (χ2v) is 15.3. The van der Waals surface area contributed by atoms with Gasteiger partial charge in [0.2, 0.25) is 0 Å². The Hall–Kier alpha value is -5.15. The molecule has 1 aromatic heterocycles. The third-order valence-electron chi connectivity index (χ3n) is 12.9. The summed E-state index contributed by atoms with van der Waals surface area (Å²) in [7, 11) is 0. The number of nitrogens with zero attached hydrogens (tertiary/aromatic N) is 2. The first-order valence-corrected chi connectivity index (χ1v) is 18.3. The molecule has 0 saturated heterocycles. The molecule has 4 fully saturated rings. The number of hydrogen-bond acceptors (Lipinski definition) is 3. The first kappa shape index (κ1) is 27.8. The van der Waals surface area contributed by atoms with Gasteiger partial charge in [-0.05, 0) is 125 Å². The summed E-state index contributed by atoms with van der Waals surface area (Å²) in [5, 5.41) is 4.71. The summed E-state index contributed by atoms with van der Waals surface area (Å²) in [6, 6.07) is 43.3. The second-order valence-electron chi connectivity index (χ2n) is 15.3. The highest BCUT2D eigenvalue weighted by molar-refractivity contribution is 5.98. The van der Waals surface area contributed by atoms with Crippen LogP contribution in [0.5, 0.6) is 0 Å². The molecule has 5 aliphatic carbocycles. The zero-order valence-electron chi connectivity index (χ0n) is 27.6.